The van der Waals surface area contributed by atoms with Crippen LogP contribution in [0.1, 0.15) is 19.3 Å². The van der Waals surface area contributed by atoms with Gasteiger partial charge in [0.15, 0.2) is 0 Å². The van der Waals surface area contributed by atoms with Gasteiger partial charge in [0.1, 0.15) is 0 Å². The maximum absolute atomic E-state index is 12.2. The smallest absolute Gasteiger partial charge is 0.391 e. The molecule has 0 radical (unpaired) electrons. The number of halogens is 3. The topological polar surface area (TPSA) is 32.7 Å². The SMILES string of the molecule is OC(CN1CCSC2(CCOCC2)C1)CC(F)(F)F. The number of alkyl halides is 3. The van der Waals surface area contributed by atoms with Crippen molar-refractivity contribution in [2.45, 2.75) is 36.3 Å². The highest BCUT2D eigenvalue weighted by molar-refractivity contribution is 8.00. The van der Waals surface area contributed by atoms with Crippen LogP contribution in [0.5, 0.6) is 0 Å². The molecule has 1 N–H and O–H groups in total. The van der Waals surface area contributed by atoms with Crippen molar-refractivity contribution in [1.29, 1.82) is 0 Å². The summed E-state index contributed by atoms with van der Waals surface area (Å²) in [6, 6.07) is 0. The highest BCUT2D eigenvalue weighted by Gasteiger charge is 2.39. The molecule has 112 valence electrons. The second-order valence-electron chi connectivity index (χ2n) is 5.35. The molecule has 0 aromatic carbocycles. The van der Waals surface area contributed by atoms with E-state index in [1.165, 1.54) is 0 Å². The number of aliphatic hydroxyl groups excluding tert-OH is 1. The molecule has 0 bridgehead atoms. The molecule has 2 fully saturated rings. The number of nitrogens with zero attached hydrogens (tertiary/aromatic N) is 1. The molecule has 2 aliphatic heterocycles. The van der Waals surface area contributed by atoms with Gasteiger partial charge in [-0.1, -0.05) is 0 Å². The summed E-state index contributed by atoms with van der Waals surface area (Å²) in [5, 5.41) is 9.53. The van der Waals surface area contributed by atoms with Gasteiger partial charge in [0.2, 0.25) is 0 Å². The molecular weight excluding hydrogens is 279 g/mol. The van der Waals surface area contributed by atoms with E-state index in [1.54, 1.807) is 0 Å². The van der Waals surface area contributed by atoms with Crippen molar-refractivity contribution in [3.8, 4) is 0 Å². The molecular formula is C12H20F3NO2S. The van der Waals surface area contributed by atoms with E-state index in [4.69, 9.17) is 4.74 Å². The van der Waals surface area contributed by atoms with Gasteiger partial charge in [-0.2, -0.15) is 24.9 Å². The third kappa shape index (κ3) is 4.81. The summed E-state index contributed by atoms with van der Waals surface area (Å²) in [7, 11) is 0. The molecule has 3 nitrogen and oxygen atoms in total. The predicted octanol–water partition coefficient (Wildman–Crippen LogP) is 1.90. The minimum absolute atomic E-state index is 0.114. The Hall–Kier alpha value is 0.0200. The maximum Gasteiger partial charge on any atom is 0.391 e. The number of aliphatic hydroxyl groups is 1. The van der Waals surface area contributed by atoms with E-state index in [0.29, 0.717) is 0 Å². The molecule has 7 heteroatoms. The summed E-state index contributed by atoms with van der Waals surface area (Å²) in [6.45, 7) is 3.08. The zero-order chi connectivity index (χ0) is 13.9. The molecule has 2 saturated heterocycles. The fourth-order valence-corrected chi connectivity index (χ4v) is 4.27. The van der Waals surface area contributed by atoms with Gasteiger partial charge in [0, 0.05) is 43.3 Å². The van der Waals surface area contributed by atoms with Gasteiger partial charge < -0.3 is 9.84 Å². The van der Waals surface area contributed by atoms with Gasteiger partial charge in [-0.05, 0) is 12.8 Å². The van der Waals surface area contributed by atoms with E-state index in [0.717, 1.165) is 44.9 Å². The highest BCUT2D eigenvalue weighted by atomic mass is 32.2. The van der Waals surface area contributed by atoms with Gasteiger partial charge in [-0.25, -0.2) is 0 Å². The molecule has 0 aliphatic carbocycles. The minimum atomic E-state index is -4.29. The summed E-state index contributed by atoms with van der Waals surface area (Å²) in [6.07, 6.45) is -4.83. The lowest BCUT2D eigenvalue weighted by Crippen LogP contribution is -2.51. The standard InChI is InChI=1S/C12H20F3NO2S/c13-12(14,15)7-10(17)8-16-3-6-19-11(9-16)1-4-18-5-2-11/h10,17H,1-9H2. The van der Waals surface area contributed by atoms with E-state index in [2.05, 4.69) is 0 Å². The van der Waals surface area contributed by atoms with Crippen molar-refractivity contribution in [2.24, 2.45) is 0 Å². The van der Waals surface area contributed by atoms with Crippen LogP contribution in [0.3, 0.4) is 0 Å². The van der Waals surface area contributed by atoms with Gasteiger partial charge in [0.05, 0.1) is 12.5 Å². The molecule has 2 heterocycles. The van der Waals surface area contributed by atoms with Crippen molar-refractivity contribution in [2.75, 3.05) is 38.6 Å². The molecule has 0 aromatic rings. The fraction of sp³-hybridized carbons (Fsp3) is 1.00. The second kappa shape index (κ2) is 6.20. The Labute approximate surface area is 115 Å². The fourth-order valence-electron chi connectivity index (χ4n) is 2.75. The molecule has 2 rings (SSSR count). The molecule has 1 atom stereocenters. The molecule has 0 amide bonds. The summed E-state index contributed by atoms with van der Waals surface area (Å²) >= 11 is 1.90. The first-order chi connectivity index (χ1) is 8.89. The van der Waals surface area contributed by atoms with Crippen LogP contribution in [0.4, 0.5) is 13.2 Å². The van der Waals surface area contributed by atoms with Crippen molar-refractivity contribution >= 4 is 11.8 Å². The third-order valence-corrected chi connectivity index (χ3v) is 5.20. The number of thioether (sulfide) groups is 1. The number of β-amino-alcohol motifs (C(OH)–C–C–N with tert-alkyl or cyclic N) is 1. The predicted molar refractivity (Wildman–Crippen MR) is 68.4 cm³/mol. The van der Waals surface area contributed by atoms with E-state index in [9.17, 15) is 18.3 Å². The van der Waals surface area contributed by atoms with E-state index in [-0.39, 0.29) is 11.3 Å². The molecule has 1 unspecified atom stereocenters. The van der Waals surface area contributed by atoms with Crippen molar-refractivity contribution in [3.05, 3.63) is 0 Å². The van der Waals surface area contributed by atoms with Crippen LogP contribution in [-0.2, 0) is 4.74 Å². The number of hydrogen-bond acceptors (Lipinski definition) is 4. The second-order valence-corrected chi connectivity index (χ2v) is 6.92. The normalized spacial score (nSPS) is 26.5. The van der Waals surface area contributed by atoms with E-state index in [1.807, 2.05) is 16.7 Å². The maximum atomic E-state index is 12.2. The molecule has 0 aromatic heterocycles. The van der Waals surface area contributed by atoms with E-state index >= 15 is 0 Å². The van der Waals surface area contributed by atoms with Crippen LogP contribution in [0, 0.1) is 0 Å². The quantitative estimate of drug-likeness (QED) is 0.863. The summed E-state index contributed by atoms with van der Waals surface area (Å²) in [5.41, 5.74) is 0. The third-order valence-electron chi connectivity index (χ3n) is 3.67. The van der Waals surface area contributed by atoms with Crippen LogP contribution < -0.4 is 0 Å². The first kappa shape index (κ1) is 15.4. The Morgan fingerprint density at radius 2 is 2.00 bits per heavy atom. The zero-order valence-electron chi connectivity index (χ0n) is 10.8. The zero-order valence-corrected chi connectivity index (χ0v) is 11.6. The molecule has 0 saturated carbocycles. The lowest BCUT2D eigenvalue weighted by molar-refractivity contribution is -0.155. The van der Waals surface area contributed by atoms with Crippen molar-refractivity contribution in [1.82, 2.24) is 4.90 Å². The van der Waals surface area contributed by atoms with Crippen LogP contribution >= 0.6 is 11.8 Å². The van der Waals surface area contributed by atoms with Gasteiger partial charge >= 0.3 is 6.18 Å². The first-order valence-corrected chi connectivity index (χ1v) is 7.56. The monoisotopic (exact) mass is 299 g/mol. The molecule has 2 aliphatic rings. The average molecular weight is 299 g/mol. The Morgan fingerprint density at radius 3 is 2.63 bits per heavy atom. The van der Waals surface area contributed by atoms with Crippen molar-refractivity contribution < 1.29 is 23.0 Å². The average Bonchev–Trinajstić information content (AvgIpc) is 2.27. The van der Waals surface area contributed by atoms with Crippen molar-refractivity contribution in [3.63, 3.8) is 0 Å². The summed E-state index contributed by atoms with van der Waals surface area (Å²) < 4.78 is 42.1. The lowest BCUT2D eigenvalue weighted by Gasteiger charge is -2.45. The first-order valence-electron chi connectivity index (χ1n) is 6.57. The van der Waals surface area contributed by atoms with Gasteiger partial charge in [-0.3, -0.25) is 4.90 Å². The van der Waals surface area contributed by atoms with Crippen LogP contribution in [0.2, 0.25) is 0 Å². The lowest BCUT2D eigenvalue weighted by atomic mass is 9.97. The van der Waals surface area contributed by atoms with Crippen LogP contribution in [0.15, 0.2) is 0 Å². The highest BCUT2D eigenvalue weighted by Crippen LogP contribution is 2.39. The molecule has 1 spiro atoms. The Morgan fingerprint density at radius 1 is 1.32 bits per heavy atom. The number of hydrogen-bond donors (Lipinski definition) is 1. The largest absolute Gasteiger partial charge is 0.391 e. The Bertz CT molecular complexity index is 290. The minimum Gasteiger partial charge on any atom is -0.391 e. The number of rotatable bonds is 3. The molecule has 19 heavy (non-hydrogen) atoms. The number of ether oxygens (including phenoxy) is 1. The summed E-state index contributed by atoms with van der Waals surface area (Å²) in [5.74, 6) is 0.915. The van der Waals surface area contributed by atoms with Gasteiger partial charge in [0.25, 0.3) is 0 Å². The van der Waals surface area contributed by atoms with Crippen LogP contribution in [0.25, 0.3) is 0 Å². The Balaban J connectivity index is 1.83. The van der Waals surface area contributed by atoms with Gasteiger partial charge in [-0.15, -0.1) is 0 Å². The summed E-state index contributed by atoms with van der Waals surface area (Å²) in [4.78, 5) is 1.97. The Kier molecular flexibility index (Phi) is 5.03. The van der Waals surface area contributed by atoms with E-state index < -0.39 is 18.7 Å². The van der Waals surface area contributed by atoms with Crippen LogP contribution in [-0.4, -0.2) is 65.6 Å².